The van der Waals surface area contributed by atoms with E-state index in [1.807, 2.05) is 6.92 Å². The van der Waals surface area contributed by atoms with Crippen LogP contribution in [0.2, 0.25) is 0 Å². The zero-order valence-corrected chi connectivity index (χ0v) is 13.0. The van der Waals surface area contributed by atoms with Crippen LogP contribution in [-0.2, 0) is 21.4 Å². The normalized spacial score (nSPS) is 18.0. The highest BCUT2D eigenvalue weighted by Crippen LogP contribution is 2.35. The average Bonchev–Trinajstić information content (AvgIpc) is 2.84. The quantitative estimate of drug-likeness (QED) is 0.863. The van der Waals surface area contributed by atoms with E-state index >= 15 is 0 Å². The van der Waals surface area contributed by atoms with Gasteiger partial charge in [0.1, 0.15) is 6.04 Å². The number of nitrogens with zero attached hydrogens (tertiary/aromatic N) is 2. The molecule has 1 aliphatic rings. The number of unbranched alkanes of at least 4 members (excludes halogenated alkanes) is 1. The number of para-hydroxylation sites is 1. The second-order valence-corrected chi connectivity index (χ2v) is 7.08. The standard InChI is InChI=1S/C14H20N2O4S/c1-3-4-9-15(2)21(19,20)16-12-8-6-5-7-11(12)10-13(16)14(17)18/h5-8,13H,3-4,9-10H2,1-2H3,(H,17,18)/t13-/m0/s1. The monoisotopic (exact) mass is 312 g/mol. The molecule has 6 nitrogen and oxygen atoms in total. The Balaban J connectivity index is 2.40. The number of fused-ring (bicyclic) bond motifs is 1. The number of hydrogen-bond donors (Lipinski definition) is 1. The van der Waals surface area contributed by atoms with Gasteiger partial charge in [-0.05, 0) is 18.1 Å². The van der Waals surface area contributed by atoms with Crippen LogP contribution < -0.4 is 4.31 Å². The SMILES string of the molecule is CCCCN(C)S(=O)(=O)N1c2ccccc2C[C@H]1C(=O)O. The van der Waals surface area contributed by atoms with E-state index in [2.05, 4.69) is 0 Å². The number of hydrogen-bond acceptors (Lipinski definition) is 3. The summed E-state index contributed by atoms with van der Waals surface area (Å²) in [6, 6.07) is 5.86. The lowest BCUT2D eigenvalue weighted by Crippen LogP contribution is -2.49. The molecule has 1 aliphatic heterocycles. The number of carboxylic acids is 1. The van der Waals surface area contributed by atoms with Crippen LogP contribution in [0.5, 0.6) is 0 Å². The lowest BCUT2D eigenvalue weighted by molar-refractivity contribution is -0.138. The maximum Gasteiger partial charge on any atom is 0.327 e. The fraction of sp³-hybridized carbons (Fsp3) is 0.500. The molecule has 0 aliphatic carbocycles. The Morgan fingerprint density at radius 2 is 2.10 bits per heavy atom. The first-order valence-corrected chi connectivity index (χ1v) is 8.35. The van der Waals surface area contributed by atoms with Gasteiger partial charge in [-0.2, -0.15) is 12.7 Å². The average molecular weight is 312 g/mol. The molecule has 1 heterocycles. The van der Waals surface area contributed by atoms with Gasteiger partial charge in [0, 0.05) is 20.0 Å². The van der Waals surface area contributed by atoms with Gasteiger partial charge >= 0.3 is 16.2 Å². The van der Waals surface area contributed by atoms with Crippen molar-refractivity contribution in [3.05, 3.63) is 29.8 Å². The van der Waals surface area contributed by atoms with E-state index in [0.29, 0.717) is 12.2 Å². The molecular weight excluding hydrogens is 292 g/mol. The molecule has 7 heteroatoms. The first-order chi connectivity index (χ1) is 9.89. The van der Waals surface area contributed by atoms with Gasteiger partial charge in [-0.25, -0.2) is 9.10 Å². The third kappa shape index (κ3) is 2.89. The zero-order valence-electron chi connectivity index (χ0n) is 12.2. The van der Waals surface area contributed by atoms with E-state index in [1.54, 1.807) is 24.3 Å². The molecule has 1 aromatic carbocycles. The highest BCUT2D eigenvalue weighted by molar-refractivity contribution is 7.90. The molecule has 1 N–H and O–H groups in total. The summed E-state index contributed by atoms with van der Waals surface area (Å²) in [5.41, 5.74) is 1.21. The van der Waals surface area contributed by atoms with Gasteiger partial charge in [0.2, 0.25) is 0 Å². The highest BCUT2D eigenvalue weighted by atomic mass is 32.2. The summed E-state index contributed by atoms with van der Waals surface area (Å²) in [7, 11) is -2.34. The van der Waals surface area contributed by atoms with Crippen LogP contribution in [0.3, 0.4) is 0 Å². The van der Waals surface area contributed by atoms with Crippen LogP contribution in [-0.4, -0.2) is 43.4 Å². The number of carbonyl (C=O) groups is 1. The summed E-state index contributed by atoms with van der Waals surface area (Å²) in [6.45, 7) is 2.36. The topological polar surface area (TPSA) is 77.9 Å². The number of benzene rings is 1. The van der Waals surface area contributed by atoms with E-state index in [-0.39, 0.29) is 6.42 Å². The van der Waals surface area contributed by atoms with E-state index in [0.717, 1.165) is 22.7 Å². The van der Waals surface area contributed by atoms with Gasteiger partial charge in [-0.15, -0.1) is 0 Å². The fourth-order valence-electron chi connectivity index (χ4n) is 2.48. The van der Waals surface area contributed by atoms with Crippen molar-refractivity contribution in [3.63, 3.8) is 0 Å². The first kappa shape index (κ1) is 15.8. The van der Waals surface area contributed by atoms with Gasteiger partial charge in [0.25, 0.3) is 0 Å². The smallest absolute Gasteiger partial charge is 0.327 e. The highest BCUT2D eigenvalue weighted by Gasteiger charge is 2.43. The molecule has 2 rings (SSSR count). The predicted octanol–water partition coefficient (Wildman–Crippen LogP) is 1.48. The van der Waals surface area contributed by atoms with Crippen molar-refractivity contribution in [2.24, 2.45) is 0 Å². The molecule has 1 atom stereocenters. The number of anilines is 1. The molecule has 0 unspecified atom stereocenters. The van der Waals surface area contributed by atoms with Crippen LogP contribution >= 0.6 is 0 Å². The van der Waals surface area contributed by atoms with Crippen LogP contribution in [0.1, 0.15) is 25.3 Å². The van der Waals surface area contributed by atoms with Crippen molar-refractivity contribution in [2.75, 3.05) is 17.9 Å². The number of carboxylic acid groups (broad SMARTS) is 1. The minimum absolute atomic E-state index is 0.201. The van der Waals surface area contributed by atoms with Gasteiger partial charge in [0.05, 0.1) is 5.69 Å². The third-order valence-corrected chi connectivity index (χ3v) is 5.60. The maximum atomic E-state index is 12.7. The first-order valence-electron chi connectivity index (χ1n) is 6.96. The molecule has 1 aromatic rings. The molecule has 0 amide bonds. The summed E-state index contributed by atoms with van der Waals surface area (Å²) in [4.78, 5) is 11.4. The van der Waals surface area contributed by atoms with E-state index in [4.69, 9.17) is 0 Å². The Morgan fingerprint density at radius 1 is 1.43 bits per heavy atom. The zero-order chi connectivity index (χ0) is 15.6. The summed E-state index contributed by atoms with van der Waals surface area (Å²) in [6.07, 6.45) is 1.81. The van der Waals surface area contributed by atoms with Crippen molar-refractivity contribution in [2.45, 2.75) is 32.2 Å². The van der Waals surface area contributed by atoms with Crippen molar-refractivity contribution in [1.29, 1.82) is 0 Å². The summed E-state index contributed by atoms with van der Waals surface area (Å²) in [5.74, 6) is -1.13. The van der Waals surface area contributed by atoms with Crippen LogP contribution in [0.15, 0.2) is 24.3 Å². The Labute approximate surface area is 125 Å². The van der Waals surface area contributed by atoms with Crippen LogP contribution in [0, 0.1) is 0 Å². The second kappa shape index (κ2) is 6.03. The summed E-state index contributed by atoms with van der Waals surface area (Å²) < 4.78 is 27.7. The molecule has 0 bridgehead atoms. The van der Waals surface area contributed by atoms with Crippen molar-refractivity contribution in [3.8, 4) is 0 Å². The Bertz CT molecular complexity index is 630. The Morgan fingerprint density at radius 3 is 2.71 bits per heavy atom. The summed E-state index contributed by atoms with van der Waals surface area (Å²) >= 11 is 0. The molecule has 0 spiro atoms. The molecule has 0 saturated carbocycles. The second-order valence-electron chi connectivity index (χ2n) is 5.17. The Kier molecular flexibility index (Phi) is 4.53. The van der Waals surface area contributed by atoms with Gasteiger partial charge < -0.3 is 5.11 Å². The van der Waals surface area contributed by atoms with Gasteiger partial charge in [0.15, 0.2) is 0 Å². The largest absolute Gasteiger partial charge is 0.480 e. The molecule has 0 radical (unpaired) electrons. The predicted molar refractivity (Wildman–Crippen MR) is 80.5 cm³/mol. The maximum absolute atomic E-state index is 12.7. The van der Waals surface area contributed by atoms with Crippen molar-refractivity contribution >= 4 is 21.9 Å². The van der Waals surface area contributed by atoms with Crippen LogP contribution in [0.4, 0.5) is 5.69 Å². The molecule has 0 aromatic heterocycles. The van der Waals surface area contributed by atoms with Gasteiger partial charge in [-0.1, -0.05) is 31.5 Å². The molecule has 116 valence electrons. The molecule has 0 saturated heterocycles. The summed E-state index contributed by atoms with van der Waals surface area (Å²) in [5, 5.41) is 9.35. The number of aliphatic carboxylic acids is 1. The third-order valence-electron chi connectivity index (χ3n) is 3.68. The van der Waals surface area contributed by atoms with E-state index < -0.39 is 22.2 Å². The lowest BCUT2D eigenvalue weighted by atomic mass is 10.1. The van der Waals surface area contributed by atoms with Crippen molar-refractivity contribution < 1.29 is 18.3 Å². The minimum Gasteiger partial charge on any atom is -0.480 e. The lowest BCUT2D eigenvalue weighted by Gasteiger charge is -2.29. The Hall–Kier alpha value is -1.60. The van der Waals surface area contributed by atoms with Crippen LogP contribution in [0.25, 0.3) is 0 Å². The molecule has 0 fully saturated rings. The van der Waals surface area contributed by atoms with Crippen molar-refractivity contribution in [1.82, 2.24) is 4.31 Å². The van der Waals surface area contributed by atoms with E-state index in [1.165, 1.54) is 11.4 Å². The number of rotatable bonds is 6. The molecule has 21 heavy (non-hydrogen) atoms. The van der Waals surface area contributed by atoms with Gasteiger partial charge in [-0.3, -0.25) is 0 Å². The van der Waals surface area contributed by atoms with E-state index in [9.17, 15) is 18.3 Å². The minimum atomic E-state index is -3.83. The fourth-order valence-corrected chi connectivity index (χ4v) is 4.05. The molecular formula is C14H20N2O4S.